The van der Waals surface area contributed by atoms with Gasteiger partial charge in [-0.15, -0.1) is 0 Å². The quantitative estimate of drug-likeness (QED) is 0.842. The molecular formula is C18H16F2N2O3. The summed E-state index contributed by atoms with van der Waals surface area (Å²) in [7, 11) is 0. The number of alkyl halides is 2. The second-order valence-electron chi connectivity index (χ2n) is 5.65. The number of rotatable bonds is 6. The highest BCUT2D eigenvalue weighted by atomic mass is 19.3. The molecule has 2 aromatic rings. The lowest BCUT2D eigenvalue weighted by Gasteiger charge is -2.11. The average molecular weight is 346 g/mol. The molecule has 0 saturated heterocycles. The van der Waals surface area contributed by atoms with Gasteiger partial charge in [-0.25, -0.2) is 0 Å². The van der Waals surface area contributed by atoms with Crippen LogP contribution in [0.4, 0.5) is 14.5 Å². The highest BCUT2D eigenvalue weighted by Gasteiger charge is 2.25. The molecule has 2 amide bonds. The Morgan fingerprint density at radius 3 is 2.32 bits per heavy atom. The Bertz CT molecular complexity index is 774. The van der Waals surface area contributed by atoms with E-state index in [0.717, 1.165) is 12.8 Å². The van der Waals surface area contributed by atoms with Crippen LogP contribution in [0, 0.1) is 0 Å². The van der Waals surface area contributed by atoms with Gasteiger partial charge in [-0.3, -0.25) is 9.59 Å². The molecule has 0 heterocycles. The number of para-hydroxylation sites is 1. The van der Waals surface area contributed by atoms with E-state index in [0.29, 0.717) is 11.3 Å². The molecule has 1 saturated carbocycles. The minimum atomic E-state index is -2.92. The van der Waals surface area contributed by atoms with Crippen LogP contribution in [0.15, 0.2) is 48.5 Å². The number of anilines is 1. The van der Waals surface area contributed by atoms with E-state index in [4.69, 9.17) is 0 Å². The van der Waals surface area contributed by atoms with Gasteiger partial charge < -0.3 is 15.4 Å². The predicted molar refractivity (Wildman–Crippen MR) is 88.0 cm³/mol. The molecule has 0 atom stereocenters. The molecule has 25 heavy (non-hydrogen) atoms. The van der Waals surface area contributed by atoms with Gasteiger partial charge in [0.2, 0.25) is 0 Å². The molecule has 5 nitrogen and oxygen atoms in total. The summed E-state index contributed by atoms with van der Waals surface area (Å²) in [5.41, 5.74) is 1.03. The molecule has 0 aliphatic heterocycles. The van der Waals surface area contributed by atoms with E-state index in [-0.39, 0.29) is 23.3 Å². The highest BCUT2D eigenvalue weighted by molar-refractivity contribution is 6.09. The summed E-state index contributed by atoms with van der Waals surface area (Å²) in [5.74, 6) is -0.717. The fraction of sp³-hybridized carbons (Fsp3) is 0.222. The Morgan fingerprint density at radius 1 is 1.00 bits per heavy atom. The van der Waals surface area contributed by atoms with Gasteiger partial charge in [-0.1, -0.05) is 12.1 Å². The summed E-state index contributed by atoms with van der Waals surface area (Å²) in [5, 5.41) is 5.54. The number of carbonyl (C=O) groups excluding carboxylic acids is 2. The first-order valence-electron chi connectivity index (χ1n) is 7.79. The van der Waals surface area contributed by atoms with Crippen LogP contribution >= 0.6 is 0 Å². The average Bonchev–Trinajstić information content (AvgIpc) is 3.39. The van der Waals surface area contributed by atoms with E-state index in [1.807, 2.05) is 0 Å². The Balaban J connectivity index is 1.71. The summed E-state index contributed by atoms with van der Waals surface area (Å²) in [6.07, 6.45) is 1.93. The minimum absolute atomic E-state index is 0.0317. The number of nitrogens with one attached hydrogen (secondary N) is 2. The van der Waals surface area contributed by atoms with Crippen molar-refractivity contribution in [1.29, 1.82) is 0 Å². The van der Waals surface area contributed by atoms with E-state index in [2.05, 4.69) is 15.4 Å². The zero-order valence-electron chi connectivity index (χ0n) is 13.2. The second kappa shape index (κ2) is 7.29. The van der Waals surface area contributed by atoms with Crippen molar-refractivity contribution >= 4 is 17.5 Å². The molecule has 7 heteroatoms. The Hall–Kier alpha value is -2.96. The smallest absolute Gasteiger partial charge is 0.387 e. The number of carbonyl (C=O) groups is 2. The summed E-state index contributed by atoms with van der Waals surface area (Å²) >= 11 is 0. The number of hydrogen-bond donors (Lipinski definition) is 2. The summed E-state index contributed by atoms with van der Waals surface area (Å²) in [6.45, 7) is -2.92. The van der Waals surface area contributed by atoms with Crippen LogP contribution in [-0.4, -0.2) is 24.5 Å². The first-order chi connectivity index (χ1) is 12.0. The van der Waals surface area contributed by atoms with Crippen molar-refractivity contribution < 1.29 is 23.1 Å². The van der Waals surface area contributed by atoms with Crippen molar-refractivity contribution in [2.75, 3.05) is 5.32 Å². The SMILES string of the molecule is O=C(Nc1ccccc1C(=O)NC1CC1)c1ccc(OC(F)F)cc1. The van der Waals surface area contributed by atoms with Gasteiger partial charge in [0.05, 0.1) is 11.3 Å². The monoisotopic (exact) mass is 346 g/mol. The fourth-order valence-corrected chi connectivity index (χ4v) is 2.26. The number of halogens is 2. The fourth-order valence-electron chi connectivity index (χ4n) is 2.26. The van der Waals surface area contributed by atoms with Gasteiger partial charge in [0.1, 0.15) is 5.75 Å². The predicted octanol–water partition coefficient (Wildman–Crippen LogP) is 3.43. The zero-order valence-corrected chi connectivity index (χ0v) is 13.2. The molecular weight excluding hydrogens is 330 g/mol. The van der Waals surface area contributed by atoms with Crippen molar-refractivity contribution in [2.24, 2.45) is 0 Å². The maximum absolute atomic E-state index is 12.3. The van der Waals surface area contributed by atoms with Crippen molar-refractivity contribution in [3.05, 3.63) is 59.7 Å². The molecule has 1 aliphatic carbocycles. The summed E-state index contributed by atoms with van der Waals surface area (Å²) in [4.78, 5) is 24.6. The largest absolute Gasteiger partial charge is 0.435 e. The Labute approximate surface area is 143 Å². The molecule has 2 N–H and O–H groups in total. The van der Waals surface area contributed by atoms with E-state index < -0.39 is 12.5 Å². The summed E-state index contributed by atoms with van der Waals surface area (Å²) < 4.78 is 28.5. The molecule has 1 aliphatic rings. The zero-order chi connectivity index (χ0) is 17.8. The first-order valence-corrected chi connectivity index (χ1v) is 7.79. The van der Waals surface area contributed by atoms with Crippen LogP contribution in [0.3, 0.4) is 0 Å². The molecule has 1 fully saturated rings. The van der Waals surface area contributed by atoms with Crippen molar-refractivity contribution in [3.8, 4) is 5.75 Å². The molecule has 0 spiro atoms. The third-order valence-corrected chi connectivity index (χ3v) is 3.67. The van der Waals surface area contributed by atoms with Crippen molar-refractivity contribution in [1.82, 2.24) is 5.32 Å². The van der Waals surface area contributed by atoms with Crippen LogP contribution in [0.5, 0.6) is 5.75 Å². The van der Waals surface area contributed by atoms with Gasteiger partial charge >= 0.3 is 6.61 Å². The lowest BCUT2D eigenvalue weighted by molar-refractivity contribution is -0.0498. The maximum atomic E-state index is 12.3. The number of hydrogen-bond acceptors (Lipinski definition) is 3. The number of amides is 2. The van der Waals surface area contributed by atoms with Crippen molar-refractivity contribution in [2.45, 2.75) is 25.5 Å². The van der Waals surface area contributed by atoms with E-state index in [1.54, 1.807) is 24.3 Å². The van der Waals surface area contributed by atoms with Crippen LogP contribution in [0.1, 0.15) is 33.6 Å². The Kier molecular flexibility index (Phi) is 4.92. The van der Waals surface area contributed by atoms with E-state index in [1.165, 1.54) is 24.3 Å². The lowest BCUT2D eigenvalue weighted by atomic mass is 10.1. The molecule has 0 unspecified atom stereocenters. The van der Waals surface area contributed by atoms with E-state index in [9.17, 15) is 18.4 Å². The minimum Gasteiger partial charge on any atom is -0.435 e. The number of benzene rings is 2. The molecule has 130 valence electrons. The van der Waals surface area contributed by atoms with Gasteiger partial charge in [0, 0.05) is 11.6 Å². The summed E-state index contributed by atoms with van der Waals surface area (Å²) in [6, 6.07) is 12.2. The first kappa shape index (κ1) is 16.9. The topological polar surface area (TPSA) is 67.4 Å². The molecule has 2 aromatic carbocycles. The van der Waals surface area contributed by atoms with Crippen molar-refractivity contribution in [3.63, 3.8) is 0 Å². The van der Waals surface area contributed by atoms with Crippen LogP contribution in [0.25, 0.3) is 0 Å². The molecule has 3 rings (SSSR count). The molecule has 0 bridgehead atoms. The maximum Gasteiger partial charge on any atom is 0.387 e. The molecule has 0 aromatic heterocycles. The van der Waals surface area contributed by atoms with Crippen LogP contribution in [0.2, 0.25) is 0 Å². The molecule has 0 radical (unpaired) electrons. The number of ether oxygens (including phenoxy) is 1. The van der Waals surface area contributed by atoms with Gasteiger partial charge in [-0.05, 0) is 49.2 Å². The third-order valence-electron chi connectivity index (χ3n) is 3.67. The lowest BCUT2D eigenvalue weighted by Crippen LogP contribution is -2.27. The van der Waals surface area contributed by atoms with E-state index >= 15 is 0 Å². The van der Waals surface area contributed by atoms with Crippen LogP contribution < -0.4 is 15.4 Å². The van der Waals surface area contributed by atoms with Crippen LogP contribution in [-0.2, 0) is 0 Å². The third kappa shape index (κ3) is 4.53. The second-order valence-corrected chi connectivity index (χ2v) is 5.65. The van der Waals surface area contributed by atoms with Gasteiger partial charge in [0.25, 0.3) is 11.8 Å². The normalized spacial score (nSPS) is 13.4. The van der Waals surface area contributed by atoms with Gasteiger partial charge in [0.15, 0.2) is 0 Å². The highest BCUT2D eigenvalue weighted by Crippen LogP contribution is 2.22. The Morgan fingerprint density at radius 2 is 1.68 bits per heavy atom. The van der Waals surface area contributed by atoms with Gasteiger partial charge in [-0.2, -0.15) is 8.78 Å². The standard InChI is InChI=1S/C18H16F2N2O3/c19-18(20)25-13-9-5-11(6-10-13)16(23)22-15-4-2-1-3-14(15)17(24)21-12-7-8-12/h1-6,9-10,12,18H,7-8H2,(H,21,24)(H,22,23).